The Morgan fingerprint density at radius 1 is 1.21 bits per heavy atom. The summed E-state index contributed by atoms with van der Waals surface area (Å²) in [4.78, 5) is 18.8. The zero-order valence-electron chi connectivity index (χ0n) is 16.0. The number of benzene rings is 1. The Kier molecular flexibility index (Phi) is 5.43. The Morgan fingerprint density at radius 2 is 2.00 bits per heavy atom. The van der Waals surface area contributed by atoms with E-state index in [0.29, 0.717) is 12.6 Å². The van der Waals surface area contributed by atoms with E-state index in [1.807, 2.05) is 56.4 Å². The molecule has 1 aliphatic rings. The quantitative estimate of drug-likeness (QED) is 0.571. The number of aromatic nitrogens is 4. The van der Waals surface area contributed by atoms with Crippen molar-refractivity contribution in [1.29, 1.82) is 0 Å². The lowest BCUT2D eigenvalue weighted by atomic mass is 10.2. The molecule has 0 radical (unpaired) electrons. The molecule has 1 fully saturated rings. The summed E-state index contributed by atoms with van der Waals surface area (Å²) in [5.41, 5.74) is 2.07. The molecule has 4 rings (SSSR count). The van der Waals surface area contributed by atoms with Crippen molar-refractivity contribution < 1.29 is 4.79 Å². The Balaban J connectivity index is 1.49. The maximum atomic E-state index is 12.9. The van der Waals surface area contributed by atoms with Crippen LogP contribution in [0.1, 0.15) is 31.4 Å². The molecule has 1 aromatic carbocycles. The zero-order chi connectivity index (χ0) is 19.5. The van der Waals surface area contributed by atoms with Crippen LogP contribution in [-0.2, 0) is 11.3 Å². The van der Waals surface area contributed by atoms with Crippen molar-refractivity contribution in [3.8, 4) is 11.4 Å². The fraction of sp³-hybridized carbons (Fsp3) is 0.333. The first-order valence-corrected chi connectivity index (χ1v) is 10.3. The summed E-state index contributed by atoms with van der Waals surface area (Å²) >= 11 is 1.48. The zero-order valence-corrected chi connectivity index (χ0v) is 16.8. The maximum absolute atomic E-state index is 12.9. The number of hydrogen-bond donors (Lipinski definition) is 0. The monoisotopic (exact) mass is 393 g/mol. The second kappa shape index (κ2) is 8.14. The number of carbonyl (C=O) groups excluding carboxylic acids is 1. The molecule has 0 N–H and O–H groups in total. The third-order valence-corrected chi connectivity index (χ3v) is 5.81. The summed E-state index contributed by atoms with van der Waals surface area (Å²) in [5, 5.41) is 9.36. The maximum Gasteiger partial charge on any atom is 0.235 e. The van der Waals surface area contributed by atoms with Gasteiger partial charge in [-0.2, -0.15) is 0 Å². The van der Waals surface area contributed by atoms with Gasteiger partial charge in [0.25, 0.3) is 0 Å². The average molecular weight is 394 g/mol. The van der Waals surface area contributed by atoms with Crippen LogP contribution in [0.2, 0.25) is 0 Å². The standard InChI is InChI=1S/C21H23N5OS/c1-15(20(27)25(2)14-16-7-4-3-5-8-16)28-21-24-23-19(26(21)18-10-11-18)17-9-6-12-22-13-17/h3-9,12-13,15,18H,10-11,14H2,1-2H3. The highest BCUT2D eigenvalue weighted by molar-refractivity contribution is 8.00. The first-order valence-electron chi connectivity index (χ1n) is 9.44. The normalized spacial score (nSPS) is 14.6. The summed E-state index contributed by atoms with van der Waals surface area (Å²) in [7, 11) is 1.85. The molecule has 28 heavy (non-hydrogen) atoms. The molecule has 6 nitrogen and oxygen atoms in total. The van der Waals surface area contributed by atoms with E-state index < -0.39 is 0 Å². The van der Waals surface area contributed by atoms with Crippen LogP contribution in [0.4, 0.5) is 0 Å². The van der Waals surface area contributed by atoms with Crippen LogP contribution in [0, 0.1) is 0 Å². The summed E-state index contributed by atoms with van der Waals surface area (Å²) < 4.78 is 2.17. The van der Waals surface area contributed by atoms with Crippen molar-refractivity contribution in [3.63, 3.8) is 0 Å². The average Bonchev–Trinajstić information content (AvgIpc) is 3.48. The number of rotatable bonds is 7. The molecular formula is C21H23N5OS. The molecule has 0 spiro atoms. The first-order chi connectivity index (χ1) is 13.6. The number of amides is 1. The molecule has 3 aromatic rings. The summed E-state index contributed by atoms with van der Waals surface area (Å²) in [6.45, 7) is 2.53. The van der Waals surface area contributed by atoms with Gasteiger partial charge in [0, 0.05) is 37.6 Å². The van der Waals surface area contributed by atoms with Gasteiger partial charge in [0.1, 0.15) is 0 Å². The van der Waals surface area contributed by atoms with Gasteiger partial charge in [-0.1, -0.05) is 42.1 Å². The van der Waals surface area contributed by atoms with Crippen LogP contribution in [0.5, 0.6) is 0 Å². The Hall–Kier alpha value is -2.67. The largest absolute Gasteiger partial charge is 0.340 e. The second-order valence-corrected chi connectivity index (χ2v) is 8.40. The predicted molar refractivity (Wildman–Crippen MR) is 110 cm³/mol. The minimum absolute atomic E-state index is 0.0853. The Bertz CT molecular complexity index is 940. The lowest BCUT2D eigenvalue weighted by molar-refractivity contribution is -0.129. The smallest absolute Gasteiger partial charge is 0.235 e. The Labute approximate surface area is 169 Å². The predicted octanol–water partition coefficient (Wildman–Crippen LogP) is 3.81. The SMILES string of the molecule is CC(Sc1nnc(-c2cccnc2)n1C1CC1)C(=O)N(C)Cc1ccccc1. The molecule has 1 saturated carbocycles. The first kappa shape index (κ1) is 18.7. The van der Waals surface area contributed by atoms with E-state index >= 15 is 0 Å². The fourth-order valence-electron chi connectivity index (χ4n) is 3.17. The van der Waals surface area contributed by atoms with Gasteiger partial charge in [0.05, 0.1) is 5.25 Å². The molecule has 7 heteroatoms. The van der Waals surface area contributed by atoms with Gasteiger partial charge in [0.2, 0.25) is 5.91 Å². The molecule has 0 saturated heterocycles. The lowest BCUT2D eigenvalue weighted by Gasteiger charge is -2.21. The molecule has 1 amide bonds. The van der Waals surface area contributed by atoms with Crippen molar-refractivity contribution >= 4 is 17.7 Å². The van der Waals surface area contributed by atoms with E-state index in [1.165, 1.54) is 11.8 Å². The number of thioether (sulfide) groups is 1. The molecule has 0 bridgehead atoms. The molecule has 2 aromatic heterocycles. The number of nitrogens with zero attached hydrogens (tertiary/aromatic N) is 5. The van der Waals surface area contributed by atoms with Crippen molar-refractivity contribution in [1.82, 2.24) is 24.6 Å². The molecular weight excluding hydrogens is 370 g/mol. The van der Waals surface area contributed by atoms with Gasteiger partial charge in [-0.3, -0.25) is 14.3 Å². The summed E-state index contributed by atoms with van der Waals surface area (Å²) in [6, 6.07) is 14.3. The minimum Gasteiger partial charge on any atom is -0.340 e. The van der Waals surface area contributed by atoms with E-state index in [4.69, 9.17) is 0 Å². The van der Waals surface area contributed by atoms with Crippen LogP contribution in [0.3, 0.4) is 0 Å². The van der Waals surface area contributed by atoms with Gasteiger partial charge in [-0.15, -0.1) is 10.2 Å². The van der Waals surface area contributed by atoms with Crippen molar-refractivity contribution in [3.05, 3.63) is 60.4 Å². The van der Waals surface area contributed by atoms with Crippen LogP contribution >= 0.6 is 11.8 Å². The molecule has 1 unspecified atom stereocenters. The van der Waals surface area contributed by atoms with Gasteiger partial charge in [-0.05, 0) is 37.5 Å². The van der Waals surface area contributed by atoms with E-state index in [9.17, 15) is 4.79 Å². The van der Waals surface area contributed by atoms with Crippen molar-refractivity contribution in [2.24, 2.45) is 0 Å². The number of pyridine rings is 1. The van der Waals surface area contributed by atoms with Gasteiger partial charge < -0.3 is 4.90 Å². The molecule has 1 atom stereocenters. The van der Waals surface area contributed by atoms with Crippen LogP contribution in [-0.4, -0.2) is 42.9 Å². The molecule has 2 heterocycles. The van der Waals surface area contributed by atoms with E-state index in [1.54, 1.807) is 17.3 Å². The highest BCUT2D eigenvalue weighted by Crippen LogP contribution is 2.41. The topological polar surface area (TPSA) is 63.9 Å². The fourth-order valence-corrected chi connectivity index (χ4v) is 4.20. The minimum atomic E-state index is -0.239. The van der Waals surface area contributed by atoms with Gasteiger partial charge in [-0.25, -0.2) is 0 Å². The molecule has 1 aliphatic carbocycles. The van der Waals surface area contributed by atoms with Crippen LogP contribution in [0.15, 0.2) is 60.0 Å². The summed E-state index contributed by atoms with van der Waals surface area (Å²) in [5.74, 6) is 0.914. The van der Waals surface area contributed by atoms with E-state index in [-0.39, 0.29) is 11.2 Å². The number of hydrogen-bond acceptors (Lipinski definition) is 5. The van der Waals surface area contributed by atoms with Crippen LogP contribution in [0.25, 0.3) is 11.4 Å². The summed E-state index contributed by atoms with van der Waals surface area (Å²) in [6.07, 6.45) is 5.80. The Morgan fingerprint density at radius 3 is 2.68 bits per heavy atom. The van der Waals surface area contributed by atoms with Crippen molar-refractivity contribution in [2.75, 3.05) is 7.05 Å². The van der Waals surface area contributed by atoms with Crippen LogP contribution < -0.4 is 0 Å². The molecule has 0 aliphatic heterocycles. The third kappa shape index (κ3) is 4.09. The van der Waals surface area contributed by atoms with E-state index in [2.05, 4.69) is 19.7 Å². The highest BCUT2D eigenvalue weighted by atomic mass is 32.2. The lowest BCUT2D eigenvalue weighted by Crippen LogP contribution is -2.33. The highest BCUT2D eigenvalue weighted by Gasteiger charge is 2.32. The second-order valence-electron chi connectivity index (χ2n) is 7.09. The van der Waals surface area contributed by atoms with Crippen molar-refractivity contribution in [2.45, 2.75) is 42.8 Å². The van der Waals surface area contributed by atoms with Gasteiger partial charge in [0.15, 0.2) is 11.0 Å². The van der Waals surface area contributed by atoms with Gasteiger partial charge >= 0.3 is 0 Å². The van der Waals surface area contributed by atoms with E-state index in [0.717, 1.165) is 34.9 Å². The number of carbonyl (C=O) groups is 1. The third-order valence-electron chi connectivity index (χ3n) is 4.77. The molecule has 144 valence electrons.